The fraction of sp³-hybridized carbons (Fsp3) is 0.500. The summed E-state index contributed by atoms with van der Waals surface area (Å²) >= 11 is 0. The fourth-order valence-electron chi connectivity index (χ4n) is 1.82. The minimum Gasteiger partial charge on any atom is -0.385 e. The Balaban J connectivity index is 2.61. The molecule has 0 saturated heterocycles. The third kappa shape index (κ3) is 4.04. The molecule has 0 unspecified atom stereocenters. The number of carbonyl (C=O) groups excluding carboxylic acids is 1. The smallest absolute Gasteiger partial charge is 0.251 e. The molecule has 0 aliphatic rings. The zero-order chi connectivity index (χ0) is 13.5. The molecule has 0 heterocycles. The van der Waals surface area contributed by atoms with Crippen LogP contribution in [0, 0.1) is 6.92 Å². The van der Waals surface area contributed by atoms with Gasteiger partial charge in [-0.2, -0.15) is 0 Å². The maximum atomic E-state index is 11.9. The highest BCUT2D eigenvalue weighted by Gasteiger charge is 2.07. The summed E-state index contributed by atoms with van der Waals surface area (Å²) in [6.45, 7) is 3.32. The number of ether oxygens (including phenoxy) is 1. The normalized spacial score (nSPS) is 10.2. The number of methoxy groups -OCH3 is 1. The molecular weight excluding hydrogens is 228 g/mol. The van der Waals surface area contributed by atoms with Gasteiger partial charge in [0.2, 0.25) is 0 Å². The zero-order valence-electron chi connectivity index (χ0n) is 11.6. The second kappa shape index (κ2) is 7.01. The second-order valence-electron chi connectivity index (χ2n) is 4.50. The van der Waals surface area contributed by atoms with Gasteiger partial charge in [-0.25, -0.2) is 0 Å². The molecule has 0 atom stereocenters. The molecule has 0 radical (unpaired) electrons. The van der Waals surface area contributed by atoms with Gasteiger partial charge in [-0.05, 0) is 37.1 Å². The Morgan fingerprint density at radius 3 is 2.67 bits per heavy atom. The molecule has 1 rings (SSSR count). The highest BCUT2D eigenvalue weighted by atomic mass is 16.5. The lowest BCUT2D eigenvalue weighted by Crippen LogP contribution is -2.25. The number of carbonyl (C=O) groups is 1. The van der Waals surface area contributed by atoms with Gasteiger partial charge >= 0.3 is 0 Å². The third-order valence-electron chi connectivity index (χ3n) is 2.75. The Bertz CT molecular complexity index is 403. The van der Waals surface area contributed by atoms with Gasteiger partial charge in [-0.1, -0.05) is 0 Å². The van der Waals surface area contributed by atoms with Crippen LogP contribution in [0.1, 0.15) is 22.3 Å². The van der Waals surface area contributed by atoms with Gasteiger partial charge in [0, 0.05) is 45.6 Å². The Morgan fingerprint density at radius 2 is 2.11 bits per heavy atom. The highest BCUT2D eigenvalue weighted by Crippen LogP contribution is 2.18. The summed E-state index contributed by atoms with van der Waals surface area (Å²) in [6, 6.07) is 5.74. The molecule has 0 aliphatic heterocycles. The van der Waals surface area contributed by atoms with E-state index in [0.29, 0.717) is 18.7 Å². The van der Waals surface area contributed by atoms with Gasteiger partial charge in [0.1, 0.15) is 0 Å². The van der Waals surface area contributed by atoms with Crippen molar-refractivity contribution >= 4 is 11.6 Å². The summed E-state index contributed by atoms with van der Waals surface area (Å²) in [5, 5.41) is 2.88. The van der Waals surface area contributed by atoms with Crippen molar-refractivity contribution in [2.75, 3.05) is 39.3 Å². The quantitative estimate of drug-likeness (QED) is 0.783. The maximum Gasteiger partial charge on any atom is 0.251 e. The molecule has 100 valence electrons. The van der Waals surface area contributed by atoms with Gasteiger partial charge in [-0.15, -0.1) is 0 Å². The number of nitrogens with zero attached hydrogens (tertiary/aromatic N) is 1. The molecule has 1 aromatic rings. The lowest BCUT2D eigenvalue weighted by molar-refractivity contribution is 0.0948. The first-order valence-electron chi connectivity index (χ1n) is 6.11. The summed E-state index contributed by atoms with van der Waals surface area (Å²) in [5.74, 6) is -0.0282. The van der Waals surface area contributed by atoms with Gasteiger partial charge in [0.25, 0.3) is 5.91 Å². The average molecular weight is 250 g/mol. The molecule has 1 aromatic carbocycles. The van der Waals surface area contributed by atoms with Crippen molar-refractivity contribution in [3.05, 3.63) is 29.3 Å². The molecule has 0 fully saturated rings. The van der Waals surface area contributed by atoms with Crippen LogP contribution >= 0.6 is 0 Å². The second-order valence-corrected chi connectivity index (χ2v) is 4.50. The zero-order valence-corrected chi connectivity index (χ0v) is 11.6. The van der Waals surface area contributed by atoms with E-state index in [9.17, 15) is 4.79 Å². The maximum absolute atomic E-state index is 11.9. The van der Waals surface area contributed by atoms with Crippen LogP contribution in [0.3, 0.4) is 0 Å². The number of rotatable bonds is 6. The SMILES string of the molecule is COCCCNC(=O)c1ccc(N(C)C)c(C)c1. The third-order valence-corrected chi connectivity index (χ3v) is 2.75. The van der Waals surface area contributed by atoms with Crippen molar-refractivity contribution in [3.63, 3.8) is 0 Å². The van der Waals surface area contributed by atoms with Crippen LogP contribution in [0.2, 0.25) is 0 Å². The van der Waals surface area contributed by atoms with E-state index in [4.69, 9.17) is 4.74 Å². The van der Waals surface area contributed by atoms with Crippen molar-refractivity contribution in [3.8, 4) is 0 Å². The number of nitrogens with one attached hydrogen (secondary N) is 1. The molecule has 1 N–H and O–H groups in total. The first-order valence-corrected chi connectivity index (χ1v) is 6.11. The van der Waals surface area contributed by atoms with E-state index in [-0.39, 0.29) is 5.91 Å². The summed E-state index contributed by atoms with van der Waals surface area (Å²) in [7, 11) is 5.64. The number of hydrogen-bond acceptors (Lipinski definition) is 3. The van der Waals surface area contributed by atoms with E-state index in [2.05, 4.69) is 5.32 Å². The molecule has 0 aromatic heterocycles. The number of amides is 1. The van der Waals surface area contributed by atoms with E-state index in [1.165, 1.54) is 0 Å². The van der Waals surface area contributed by atoms with E-state index in [0.717, 1.165) is 17.7 Å². The van der Waals surface area contributed by atoms with Gasteiger partial charge in [0.05, 0.1) is 0 Å². The van der Waals surface area contributed by atoms with E-state index in [1.54, 1.807) is 7.11 Å². The highest BCUT2D eigenvalue weighted by molar-refractivity contribution is 5.94. The Kier molecular flexibility index (Phi) is 5.65. The predicted octanol–water partition coefficient (Wildman–Crippen LogP) is 1.83. The topological polar surface area (TPSA) is 41.6 Å². The molecule has 4 nitrogen and oxygen atoms in total. The number of aryl methyl sites for hydroxylation is 1. The number of anilines is 1. The first kappa shape index (κ1) is 14.5. The van der Waals surface area contributed by atoms with Gasteiger partial charge in [-0.3, -0.25) is 4.79 Å². The van der Waals surface area contributed by atoms with Crippen molar-refractivity contribution in [2.24, 2.45) is 0 Å². The van der Waals surface area contributed by atoms with Crippen LogP contribution in [0.5, 0.6) is 0 Å². The molecule has 1 amide bonds. The number of benzene rings is 1. The summed E-state index contributed by atoms with van der Waals surface area (Å²) < 4.78 is 4.93. The summed E-state index contributed by atoms with van der Waals surface area (Å²) in [5.41, 5.74) is 2.94. The molecule has 4 heteroatoms. The van der Waals surface area contributed by atoms with Crippen LogP contribution in [0.4, 0.5) is 5.69 Å². The fourth-order valence-corrected chi connectivity index (χ4v) is 1.82. The molecular formula is C14H22N2O2. The minimum absolute atomic E-state index is 0.0282. The van der Waals surface area contributed by atoms with Gasteiger partial charge < -0.3 is 15.0 Å². The van der Waals surface area contributed by atoms with Crippen LogP contribution in [-0.4, -0.2) is 40.3 Å². The summed E-state index contributed by atoms with van der Waals surface area (Å²) in [6.07, 6.45) is 0.830. The molecule has 0 saturated carbocycles. The monoisotopic (exact) mass is 250 g/mol. The molecule has 0 bridgehead atoms. The predicted molar refractivity (Wildman–Crippen MR) is 74.3 cm³/mol. The number of hydrogen-bond donors (Lipinski definition) is 1. The van der Waals surface area contributed by atoms with Gasteiger partial charge in [0.15, 0.2) is 0 Å². The molecule has 0 aliphatic carbocycles. The van der Waals surface area contributed by atoms with Crippen LogP contribution in [0.15, 0.2) is 18.2 Å². The van der Waals surface area contributed by atoms with E-state index >= 15 is 0 Å². The lowest BCUT2D eigenvalue weighted by atomic mass is 10.1. The van der Waals surface area contributed by atoms with Crippen molar-refractivity contribution in [2.45, 2.75) is 13.3 Å². The largest absolute Gasteiger partial charge is 0.385 e. The van der Waals surface area contributed by atoms with Crippen LogP contribution in [0.25, 0.3) is 0 Å². The van der Waals surface area contributed by atoms with Crippen molar-refractivity contribution in [1.29, 1.82) is 0 Å². The average Bonchev–Trinajstić information content (AvgIpc) is 2.33. The van der Waals surface area contributed by atoms with E-state index < -0.39 is 0 Å². The minimum atomic E-state index is -0.0282. The standard InChI is InChI=1S/C14H22N2O2/c1-11-10-12(6-7-13(11)16(2)3)14(17)15-8-5-9-18-4/h6-7,10H,5,8-9H2,1-4H3,(H,15,17). The first-order chi connectivity index (χ1) is 8.56. The van der Waals surface area contributed by atoms with Crippen molar-refractivity contribution in [1.82, 2.24) is 5.32 Å². The molecule has 18 heavy (non-hydrogen) atoms. The molecule has 0 spiro atoms. The summed E-state index contributed by atoms with van der Waals surface area (Å²) in [4.78, 5) is 13.9. The van der Waals surface area contributed by atoms with Crippen LogP contribution < -0.4 is 10.2 Å². The Labute approximate surface area is 109 Å². The lowest BCUT2D eigenvalue weighted by Gasteiger charge is -2.16. The Hall–Kier alpha value is -1.55. The van der Waals surface area contributed by atoms with Crippen LogP contribution in [-0.2, 0) is 4.74 Å². The van der Waals surface area contributed by atoms with Crippen molar-refractivity contribution < 1.29 is 9.53 Å². The Morgan fingerprint density at radius 1 is 1.39 bits per heavy atom. The van der Waals surface area contributed by atoms with E-state index in [1.807, 2.05) is 44.1 Å².